The number of hydrogen-bond donors (Lipinski definition) is 1. The molecule has 22 heavy (non-hydrogen) atoms. The van der Waals surface area contributed by atoms with Crippen LogP contribution in [0.1, 0.15) is 17.9 Å². The third-order valence-electron chi connectivity index (χ3n) is 3.98. The average molecular weight is 297 g/mol. The maximum absolute atomic E-state index is 12.3. The van der Waals surface area contributed by atoms with Crippen molar-refractivity contribution in [1.82, 2.24) is 9.88 Å². The zero-order valence-corrected chi connectivity index (χ0v) is 12.5. The number of carbonyl (C=O) groups is 1. The summed E-state index contributed by atoms with van der Waals surface area (Å²) in [6.45, 7) is 1.50. The Morgan fingerprint density at radius 1 is 1.32 bits per heavy atom. The van der Waals surface area contributed by atoms with Gasteiger partial charge in [0, 0.05) is 25.2 Å². The molecule has 0 unspecified atom stereocenters. The first-order chi connectivity index (χ1) is 10.8. The van der Waals surface area contributed by atoms with Gasteiger partial charge in [-0.25, -0.2) is 4.79 Å². The number of benzene rings is 1. The molecule has 1 saturated heterocycles. The predicted molar refractivity (Wildman–Crippen MR) is 85.2 cm³/mol. The molecule has 2 amide bonds. The molecule has 0 radical (unpaired) electrons. The lowest BCUT2D eigenvalue weighted by atomic mass is 9.98. The third kappa shape index (κ3) is 3.19. The molecule has 5 nitrogen and oxygen atoms in total. The number of urea groups is 1. The molecule has 114 valence electrons. The number of anilines is 1. The van der Waals surface area contributed by atoms with Gasteiger partial charge in [-0.15, -0.1) is 0 Å². The number of pyridine rings is 1. The Kier molecular flexibility index (Phi) is 4.23. The third-order valence-corrected chi connectivity index (χ3v) is 3.98. The van der Waals surface area contributed by atoms with E-state index in [1.165, 1.54) is 5.56 Å². The van der Waals surface area contributed by atoms with Crippen molar-refractivity contribution in [3.63, 3.8) is 0 Å². The molecule has 2 aromatic rings. The van der Waals surface area contributed by atoms with Gasteiger partial charge < -0.3 is 15.0 Å². The van der Waals surface area contributed by atoms with Gasteiger partial charge in [0.2, 0.25) is 0 Å². The molecular formula is C17H19N3O2. The molecule has 1 aliphatic rings. The highest BCUT2D eigenvalue weighted by Crippen LogP contribution is 2.28. The first-order valence-electron chi connectivity index (χ1n) is 7.36. The summed E-state index contributed by atoms with van der Waals surface area (Å²) in [7, 11) is 1.66. The van der Waals surface area contributed by atoms with E-state index < -0.39 is 0 Å². The summed E-state index contributed by atoms with van der Waals surface area (Å²) >= 11 is 0. The van der Waals surface area contributed by atoms with Gasteiger partial charge in [0.05, 0.1) is 19.0 Å². The number of nitrogens with one attached hydrogen (secondary N) is 1. The first kappa shape index (κ1) is 14.4. The molecule has 1 aromatic carbocycles. The van der Waals surface area contributed by atoms with Gasteiger partial charge in [-0.3, -0.25) is 4.98 Å². The second kappa shape index (κ2) is 6.47. The van der Waals surface area contributed by atoms with Gasteiger partial charge in [0.1, 0.15) is 5.75 Å². The summed E-state index contributed by atoms with van der Waals surface area (Å²) in [6.07, 6.45) is 4.31. The monoisotopic (exact) mass is 297 g/mol. The Morgan fingerprint density at radius 2 is 2.14 bits per heavy atom. The number of rotatable bonds is 3. The molecule has 1 fully saturated rings. The van der Waals surface area contributed by atoms with Crippen molar-refractivity contribution in [3.8, 4) is 5.75 Å². The molecule has 2 heterocycles. The van der Waals surface area contributed by atoms with Crippen LogP contribution in [-0.2, 0) is 0 Å². The van der Waals surface area contributed by atoms with Crippen molar-refractivity contribution < 1.29 is 9.53 Å². The molecule has 1 aromatic heterocycles. The number of methoxy groups -OCH3 is 1. The first-order valence-corrected chi connectivity index (χ1v) is 7.36. The molecule has 1 atom stereocenters. The summed E-state index contributed by atoms with van der Waals surface area (Å²) < 4.78 is 5.18. The maximum Gasteiger partial charge on any atom is 0.321 e. The minimum Gasteiger partial charge on any atom is -0.497 e. The summed E-state index contributed by atoms with van der Waals surface area (Å²) in [4.78, 5) is 18.1. The summed E-state index contributed by atoms with van der Waals surface area (Å²) in [5.41, 5.74) is 1.97. The smallest absolute Gasteiger partial charge is 0.321 e. The van der Waals surface area contributed by atoms with Crippen LogP contribution in [0.15, 0.2) is 48.8 Å². The Bertz CT molecular complexity index is 628. The number of nitrogens with zero attached hydrogens (tertiary/aromatic N) is 2. The SMILES string of the molecule is COc1ccc([C@@H]2CCN(C(=O)Nc3cccnc3)C2)cc1. The van der Waals surface area contributed by atoms with Crippen LogP contribution in [0.3, 0.4) is 0 Å². The van der Waals surface area contributed by atoms with E-state index in [9.17, 15) is 4.79 Å². The van der Waals surface area contributed by atoms with Crippen LogP contribution in [0.2, 0.25) is 0 Å². The van der Waals surface area contributed by atoms with Gasteiger partial charge >= 0.3 is 6.03 Å². The highest BCUT2D eigenvalue weighted by Gasteiger charge is 2.27. The fraction of sp³-hybridized carbons (Fsp3) is 0.294. The predicted octanol–water partition coefficient (Wildman–Crippen LogP) is 3.11. The van der Waals surface area contributed by atoms with Crippen LogP contribution in [-0.4, -0.2) is 36.1 Å². The Balaban J connectivity index is 1.60. The van der Waals surface area contributed by atoms with Crippen LogP contribution >= 0.6 is 0 Å². The number of aromatic nitrogens is 1. The van der Waals surface area contributed by atoms with Gasteiger partial charge in [0.15, 0.2) is 0 Å². The number of likely N-dealkylation sites (tertiary alicyclic amines) is 1. The molecule has 1 aliphatic heterocycles. The zero-order valence-electron chi connectivity index (χ0n) is 12.5. The molecule has 0 bridgehead atoms. The number of ether oxygens (including phenoxy) is 1. The highest BCUT2D eigenvalue weighted by atomic mass is 16.5. The fourth-order valence-electron chi connectivity index (χ4n) is 2.73. The van der Waals surface area contributed by atoms with Crippen LogP contribution in [0.25, 0.3) is 0 Å². The van der Waals surface area contributed by atoms with Crippen molar-refractivity contribution in [3.05, 3.63) is 54.4 Å². The lowest BCUT2D eigenvalue weighted by molar-refractivity contribution is 0.222. The summed E-state index contributed by atoms with van der Waals surface area (Å²) in [6, 6.07) is 11.7. The van der Waals surface area contributed by atoms with E-state index in [0.717, 1.165) is 30.9 Å². The van der Waals surface area contributed by atoms with E-state index in [0.29, 0.717) is 5.92 Å². The van der Waals surface area contributed by atoms with E-state index in [4.69, 9.17) is 4.74 Å². The van der Waals surface area contributed by atoms with Crippen LogP contribution in [0.5, 0.6) is 5.75 Å². The van der Waals surface area contributed by atoms with Crippen molar-refractivity contribution in [2.24, 2.45) is 0 Å². The second-order valence-corrected chi connectivity index (χ2v) is 5.38. The van der Waals surface area contributed by atoms with Crippen LogP contribution in [0.4, 0.5) is 10.5 Å². The van der Waals surface area contributed by atoms with Gasteiger partial charge in [0.25, 0.3) is 0 Å². The molecule has 0 aliphatic carbocycles. The minimum atomic E-state index is -0.0657. The molecule has 1 N–H and O–H groups in total. The topological polar surface area (TPSA) is 54.5 Å². The van der Waals surface area contributed by atoms with E-state index >= 15 is 0 Å². The molecule has 0 spiro atoms. The van der Waals surface area contributed by atoms with Crippen LogP contribution < -0.4 is 10.1 Å². The Morgan fingerprint density at radius 3 is 2.82 bits per heavy atom. The van der Waals surface area contributed by atoms with Crippen molar-refractivity contribution in [2.45, 2.75) is 12.3 Å². The summed E-state index contributed by atoms with van der Waals surface area (Å²) in [5.74, 6) is 1.23. The van der Waals surface area contributed by atoms with E-state index in [2.05, 4.69) is 22.4 Å². The number of hydrogen-bond acceptors (Lipinski definition) is 3. The Labute approximate surface area is 129 Å². The second-order valence-electron chi connectivity index (χ2n) is 5.38. The zero-order chi connectivity index (χ0) is 15.4. The van der Waals surface area contributed by atoms with Gasteiger partial charge in [-0.1, -0.05) is 12.1 Å². The quantitative estimate of drug-likeness (QED) is 0.947. The lowest BCUT2D eigenvalue weighted by Crippen LogP contribution is -2.32. The fourth-order valence-corrected chi connectivity index (χ4v) is 2.73. The number of amides is 2. The van der Waals surface area contributed by atoms with Gasteiger partial charge in [-0.05, 0) is 36.2 Å². The maximum atomic E-state index is 12.3. The lowest BCUT2D eigenvalue weighted by Gasteiger charge is -2.17. The average Bonchev–Trinajstić information content (AvgIpc) is 3.06. The standard InChI is InChI=1S/C17H19N3O2/c1-22-16-6-4-13(5-7-16)14-8-10-20(12-14)17(21)19-15-3-2-9-18-11-15/h2-7,9,11,14H,8,10,12H2,1H3,(H,19,21)/t14-/m1/s1. The molecule has 0 saturated carbocycles. The van der Waals surface area contributed by atoms with E-state index in [1.807, 2.05) is 23.1 Å². The van der Waals surface area contributed by atoms with E-state index in [1.54, 1.807) is 25.6 Å². The van der Waals surface area contributed by atoms with Crippen molar-refractivity contribution >= 4 is 11.7 Å². The summed E-state index contributed by atoms with van der Waals surface area (Å²) in [5, 5.41) is 2.88. The molecule has 5 heteroatoms. The van der Waals surface area contributed by atoms with Crippen molar-refractivity contribution in [2.75, 3.05) is 25.5 Å². The minimum absolute atomic E-state index is 0.0657. The van der Waals surface area contributed by atoms with Gasteiger partial charge in [-0.2, -0.15) is 0 Å². The number of carbonyl (C=O) groups excluding carboxylic acids is 1. The largest absolute Gasteiger partial charge is 0.497 e. The van der Waals surface area contributed by atoms with E-state index in [-0.39, 0.29) is 6.03 Å². The molecular weight excluding hydrogens is 278 g/mol. The normalized spacial score (nSPS) is 17.3. The molecule has 3 rings (SSSR count). The highest BCUT2D eigenvalue weighted by molar-refractivity contribution is 5.89. The van der Waals surface area contributed by atoms with Crippen LogP contribution in [0, 0.1) is 0 Å². The van der Waals surface area contributed by atoms with Crippen molar-refractivity contribution in [1.29, 1.82) is 0 Å². The Hall–Kier alpha value is -2.56.